The van der Waals surface area contributed by atoms with Gasteiger partial charge in [0.05, 0.1) is 13.2 Å². The van der Waals surface area contributed by atoms with Gasteiger partial charge in [-0.2, -0.15) is 0 Å². The van der Waals surface area contributed by atoms with E-state index < -0.39 is 0 Å². The van der Waals surface area contributed by atoms with Crippen LogP contribution in [0.15, 0.2) is 0 Å². The van der Waals surface area contributed by atoms with Crippen LogP contribution >= 0.6 is 0 Å². The van der Waals surface area contributed by atoms with Gasteiger partial charge in [-0.25, -0.2) is 0 Å². The molecule has 0 radical (unpaired) electrons. The molecular formula is C4H14AlNaO2. The molecule has 0 rings (SSSR count). The Labute approximate surface area is 83.3 Å². The average Bonchev–Trinajstić information content (AvgIpc) is 1.61. The van der Waals surface area contributed by atoms with Crippen molar-refractivity contribution in [3.63, 3.8) is 0 Å². The van der Waals surface area contributed by atoms with E-state index in [2.05, 4.69) is 9.47 Å². The van der Waals surface area contributed by atoms with Gasteiger partial charge in [-0.05, 0) is 0 Å². The second-order valence-corrected chi connectivity index (χ2v) is 0.986. The van der Waals surface area contributed by atoms with Crippen molar-refractivity contribution < 1.29 is 9.47 Å². The van der Waals surface area contributed by atoms with Crippen molar-refractivity contribution in [2.45, 2.75) is 0 Å². The molecule has 0 aliphatic rings. The van der Waals surface area contributed by atoms with Crippen LogP contribution in [-0.4, -0.2) is 74.4 Å². The zero-order valence-electron chi connectivity index (χ0n) is 4.23. The third-order valence-corrected chi connectivity index (χ3v) is 0.492. The zero-order chi connectivity index (χ0) is 4.83. The number of rotatable bonds is 3. The van der Waals surface area contributed by atoms with Crippen molar-refractivity contribution in [3.8, 4) is 0 Å². The van der Waals surface area contributed by atoms with E-state index >= 15 is 0 Å². The summed E-state index contributed by atoms with van der Waals surface area (Å²) in [5.74, 6) is 0. The number of methoxy groups -OCH3 is 2. The van der Waals surface area contributed by atoms with Crippen molar-refractivity contribution in [1.29, 1.82) is 0 Å². The van der Waals surface area contributed by atoms with Gasteiger partial charge in [0.2, 0.25) is 0 Å². The Morgan fingerprint density at radius 3 is 1.38 bits per heavy atom. The molecule has 0 spiro atoms. The van der Waals surface area contributed by atoms with Gasteiger partial charge >= 0.3 is 29.6 Å². The molecule has 0 heterocycles. The Balaban J connectivity index is -0.000000125. The molecule has 0 amide bonds. The summed E-state index contributed by atoms with van der Waals surface area (Å²) in [6, 6.07) is 0. The molecule has 0 N–H and O–H groups in total. The van der Waals surface area contributed by atoms with Gasteiger partial charge in [0.1, 0.15) is 0 Å². The van der Waals surface area contributed by atoms with Crippen LogP contribution in [0.5, 0.6) is 0 Å². The predicted molar refractivity (Wildman–Crippen MR) is 40.8 cm³/mol. The van der Waals surface area contributed by atoms with E-state index in [4.69, 9.17) is 0 Å². The third kappa shape index (κ3) is 15.7. The predicted octanol–water partition coefficient (Wildman–Crippen LogP) is -1.55. The maximum absolute atomic E-state index is 4.66. The van der Waals surface area contributed by atoms with E-state index in [1.54, 1.807) is 14.2 Å². The van der Waals surface area contributed by atoms with Crippen LogP contribution in [0.4, 0.5) is 0 Å². The van der Waals surface area contributed by atoms with Gasteiger partial charge in [-0.15, -0.1) is 0 Å². The average molecular weight is 144 g/mol. The molecule has 0 atom stereocenters. The fraction of sp³-hybridized carbons (Fsp3) is 1.00. The molecule has 0 aliphatic carbocycles. The van der Waals surface area contributed by atoms with Gasteiger partial charge in [-0.1, -0.05) is 0 Å². The van der Waals surface area contributed by atoms with Crippen LogP contribution in [0.25, 0.3) is 0 Å². The van der Waals surface area contributed by atoms with E-state index in [1.807, 2.05) is 0 Å². The monoisotopic (exact) mass is 144 g/mol. The van der Waals surface area contributed by atoms with Crippen LogP contribution in [0.3, 0.4) is 0 Å². The van der Waals surface area contributed by atoms with Gasteiger partial charge in [0.15, 0.2) is 17.4 Å². The molecule has 0 aliphatic heterocycles. The maximum atomic E-state index is 4.66. The van der Waals surface area contributed by atoms with Crippen molar-refractivity contribution in [1.82, 2.24) is 0 Å². The number of hydrogen-bond donors (Lipinski definition) is 0. The molecule has 8 heavy (non-hydrogen) atoms. The molecule has 0 saturated heterocycles. The summed E-state index contributed by atoms with van der Waals surface area (Å²) in [6.07, 6.45) is 0. The first-order valence-corrected chi connectivity index (χ1v) is 1.89. The Morgan fingerprint density at radius 1 is 1.00 bits per heavy atom. The second-order valence-electron chi connectivity index (χ2n) is 0.986. The summed E-state index contributed by atoms with van der Waals surface area (Å²) in [6.45, 7) is 1.38. The van der Waals surface area contributed by atoms with E-state index in [9.17, 15) is 0 Å². The fourth-order valence-electron chi connectivity index (χ4n) is 0.167. The quantitative estimate of drug-likeness (QED) is 0.352. The minimum absolute atomic E-state index is 0. The Morgan fingerprint density at radius 2 is 1.25 bits per heavy atom. The first-order valence-electron chi connectivity index (χ1n) is 1.89. The van der Waals surface area contributed by atoms with Gasteiger partial charge in [0, 0.05) is 14.2 Å². The van der Waals surface area contributed by atoms with Crippen LogP contribution in [0.2, 0.25) is 0 Å². The molecule has 0 saturated carbocycles. The molecular weight excluding hydrogens is 130 g/mol. The van der Waals surface area contributed by atoms with Crippen molar-refractivity contribution >= 4 is 46.9 Å². The van der Waals surface area contributed by atoms with Gasteiger partial charge in [0.25, 0.3) is 0 Å². The molecule has 0 bridgehead atoms. The number of hydrogen-bond acceptors (Lipinski definition) is 2. The van der Waals surface area contributed by atoms with Crippen molar-refractivity contribution in [2.24, 2.45) is 0 Å². The summed E-state index contributed by atoms with van der Waals surface area (Å²) in [4.78, 5) is 0. The summed E-state index contributed by atoms with van der Waals surface area (Å²) < 4.78 is 9.31. The summed E-state index contributed by atoms with van der Waals surface area (Å²) in [5.41, 5.74) is 0. The van der Waals surface area contributed by atoms with Gasteiger partial charge < -0.3 is 9.47 Å². The van der Waals surface area contributed by atoms with Crippen LogP contribution < -0.4 is 0 Å². The van der Waals surface area contributed by atoms with E-state index in [0.717, 1.165) is 0 Å². The minimum atomic E-state index is 0. The standard InChI is InChI=1S/C4H10O2.Al.Na.4H/c1-5-3-4-6-2;;;;;;/h3-4H2,1-2H3;;;;;;. The topological polar surface area (TPSA) is 18.5 Å². The zero-order valence-corrected chi connectivity index (χ0v) is 4.23. The van der Waals surface area contributed by atoms with Crippen molar-refractivity contribution in [2.75, 3.05) is 27.4 Å². The molecule has 2 nitrogen and oxygen atoms in total. The molecule has 0 unspecified atom stereocenters. The Hall–Kier alpha value is 1.45. The van der Waals surface area contributed by atoms with E-state index in [0.29, 0.717) is 13.2 Å². The molecule has 0 aromatic heterocycles. The van der Waals surface area contributed by atoms with Gasteiger partial charge in [-0.3, -0.25) is 0 Å². The molecule has 0 fully saturated rings. The van der Waals surface area contributed by atoms with E-state index in [1.165, 1.54) is 0 Å². The third-order valence-electron chi connectivity index (χ3n) is 0.492. The first-order chi connectivity index (χ1) is 2.91. The Bertz CT molecular complexity index is 26.0. The fourth-order valence-corrected chi connectivity index (χ4v) is 0.167. The van der Waals surface area contributed by atoms with Crippen LogP contribution in [0, 0.1) is 0 Å². The molecule has 46 valence electrons. The molecule has 0 aromatic rings. The summed E-state index contributed by atoms with van der Waals surface area (Å²) in [7, 11) is 3.30. The molecule has 0 aromatic carbocycles. The second kappa shape index (κ2) is 15.8. The SMILES string of the molecule is COCCOC.[AlH3].[NaH]. The van der Waals surface area contributed by atoms with Crippen LogP contribution in [0.1, 0.15) is 0 Å². The Kier molecular flexibility index (Phi) is 32.0. The first kappa shape index (κ1) is 16.2. The van der Waals surface area contributed by atoms with Crippen molar-refractivity contribution in [3.05, 3.63) is 0 Å². The van der Waals surface area contributed by atoms with Crippen LogP contribution in [-0.2, 0) is 9.47 Å². The normalized spacial score (nSPS) is 6.75. The van der Waals surface area contributed by atoms with E-state index in [-0.39, 0.29) is 46.9 Å². The number of ether oxygens (including phenoxy) is 2. The molecule has 4 heteroatoms. The summed E-state index contributed by atoms with van der Waals surface area (Å²) in [5, 5.41) is 0. The summed E-state index contributed by atoms with van der Waals surface area (Å²) >= 11 is 0.